The maximum Gasteiger partial charge on any atom is 0.315 e. The van der Waals surface area contributed by atoms with E-state index < -0.39 is 0 Å². The zero-order valence-corrected chi connectivity index (χ0v) is 17.5. The number of hydrogen-bond acceptors (Lipinski definition) is 5. The third-order valence-electron chi connectivity index (χ3n) is 3.82. The van der Waals surface area contributed by atoms with Gasteiger partial charge in [0.05, 0.1) is 24.7 Å². The monoisotopic (exact) mass is 374 g/mol. The number of carbonyl (C=O) groups is 2. The molecule has 0 bridgehead atoms. The van der Waals surface area contributed by atoms with Crippen molar-refractivity contribution in [3.05, 3.63) is 0 Å². The first-order valence-electron chi connectivity index (χ1n) is 9.80. The lowest BCUT2D eigenvalue weighted by molar-refractivity contribution is -0.140. The molecular formula is C20H38O4S. The van der Waals surface area contributed by atoms with Crippen molar-refractivity contribution >= 4 is 23.7 Å². The quantitative estimate of drug-likeness (QED) is 0.273. The number of hydrogen-bond donors (Lipinski definition) is 0. The summed E-state index contributed by atoms with van der Waals surface area (Å²) in [5, 5.41) is 0. The summed E-state index contributed by atoms with van der Waals surface area (Å²) >= 11 is 1.26. The zero-order chi connectivity index (χ0) is 18.9. The van der Waals surface area contributed by atoms with Crippen LogP contribution in [0.3, 0.4) is 0 Å². The lowest BCUT2D eigenvalue weighted by atomic mass is 10.1. The molecule has 4 nitrogen and oxygen atoms in total. The molecule has 0 heterocycles. The van der Waals surface area contributed by atoms with Gasteiger partial charge in [0.25, 0.3) is 0 Å². The summed E-state index contributed by atoms with van der Waals surface area (Å²) in [6.07, 6.45) is 8.86. The third kappa shape index (κ3) is 19.5. The molecular weight excluding hydrogens is 336 g/mol. The van der Waals surface area contributed by atoms with Crippen LogP contribution in [0.1, 0.15) is 79.1 Å². The Hall–Kier alpha value is -0.710. The van der Waals surface area contributed by atoms with Crippen molar-refractivity contribution in [2.75, 3.05) is 24.7 Å². The molecule has 0 rings (SSSR count). The van der Waals surface area contributed by atoms with Crippen molar-refractivity contribution in [1.82, 2.24) is 0 Å². The van der Waals surface area contributed by atoms with E-state index in [1.807, 2.05) is 0 Å². The molecule has 0 saturated carbocycles. The van der Waals surface area contributed by atoms with Gasteiger partial charge in [-0.25, -0.2) is 0 Å². The Balaban J connectivity index is 3.38. The molecule has 0 aromatic carbocycles. The van der Waals surface area contributed by atoms with Gasteiger partial charge in [-0.05, 0) is 24.7 Å². The zero-order valence-electron chi connectivity index (χ0n) is 16.7. The van der Waals surface area contributed by atoms with Crippen LogP contribution in [0.5, 0.6) is 0 Å². The van der Waals surface area contributed by atoms with E-state index in [1.54, 1.807) is 0 Å². The predicted octanol–water partition coefficient (Wildman–Crippen LogP) is 5.24. The van der Waals surface area contributed by atoms with Crippen molar-refractivity contribution in [3.8, 4) is 0 Å². The van der Waals surface area contributed by atoms with Gasteiger partial charge in [-0.3, -0.25) is 9.59 Å². The Morgan fingerprint density at radius 1 is 0.680 bits per heavy atom. The molecule has 0 atom stereocenters. The number of esters is 2. The molecule has 148 valence electrons. The summed E-state index contributed by atoms with van der Waals surface area (Å²) in [6, 6.07) is 0. The van der Waals surface area contributed by atoms with Crippen LogP contribution in [0.15, 0.2) is 0 Å². The Labute approximate surface area is 158 Å². The van der Waals surface area contributed by atoms with Gasteiger partial charge < -0.3 is 9.47 Å². The lowest BCUT2D eigenvalue weighted by Gasteiger charge is -2.07. The molecule has 0 unspecified atom stereocenters. The minimum absolute atomic E-state index is 0.218. The highest BCUT2D eigenvalue weighted by atomic mass is 32.2. The molecule has 0 saturated heterocycles. The van der Waals surface area contributed by atoms with Crippen LogP contribution in [0, 0.1) is 11.8 Å². The summed E-state index contributed by atoms with van der Waals surface area (Å²) in [5.41, 5.74) is 0. The second-order valence-electron chi connectivity index (χ2n) is 7.42. The number of carbonyl (C=O) groups excluding carboxylic acids is 2. The fraction of sp³-hybridized carbons (Fsp3) is 0.900. The molecule has 25 heavy (non-hydrogen) atoms. The Morgan fingerprint density at radius 2 is 1.08 bits per heavy atom. The number of ether oxygens (including phenoxy) is 2. The molecule has 0 aliphatic carbocycles. The van der Waals surface area contributed by atoms with Crippen molar-refractivity contribution in [3.63, 3.8) is 0 Å². The Bertz CT molecular complexity index is 311. The maximum absolute atomic E-state index is 11.6. The molecule has 5 heteroatoms. The van der Waals surface area contributed by atoms with E-state index >= 15 is 0 Å². The van der Waals surface area contributed by atoms with Crippen LogP contribution in [0.4, 0.5) is 0 Å². The first-order chi connectivity index (χ1) is 11.9. The van der Waals surface area contributed by atoms with Gasteiger partial charge in [0.2, 0.25) is 0 Å². The van der Waals surface area contributed by atoms with E-state index in [0.717, 1.165) is 37.5 Å². The largest absolute Gasteiger partial charge is 0.465 e. The molecule has 0 aromatic rings. The van der Waals surface area contributed by atoms with E-state index in [0.29, 0.717) is 13.2 Å². The van der Waals surface area contributed by atoms with Crippen molar-refractivity contribution in [2.45, 2.75) is 79.1 Å². The Morgan fingerprint density at radius 3 is 1.44 bits per heavy atom. The first-order valence-corrected chi connectivity index (χ1v) is 11.0. The minimum Gasteiger partial charge on any atom is -0.465 e. The van der Waals surface area contributed by atoms with Crippen LogP contribution >= 0.6 is 11.8 Å². The molecule has 0 radical (unpaired) electrons. The molecule has 0 aliphatic heterocycles. The molecule has 0 aromatic heterocycles. The minimum atomic E-state index is -0.240. The molecule has 0 aliphatic rings. The lowest BCUT2D eigenvalue weighted by Crippen LogP contribution is -2.13. The normalized spacial score (nSPS) is 11.1. The topological polar surface area (TPSA) is 52.6 Å². The summed E-state index contributed by atoms with van der Waals surface area (Å²) < 4.78 is 10.3. The molecule has 0 spiro atoms. The van der Waals surface area contributed by atoms with Crippen molar-refractivity contribution in [1.29, 1.82) is 0 Å². The van der Waals surface area contributed by atoms with Crippen LogP contribution < -0.4 is 0 Å². The average molecular weight is 375 g/mol. The summed E-state index contributed by atoms with van der Waals surface area (Å²) in [5.74, 6) is 1.42. The standard InChI is InChI=1S/C20H38O4S/c1-17(2)11-7-5-9-13-23-19(21)15-25-16-20(22)24-14-10-6-8-12-18(3)4/h17-18H,5-16H2,1-4H3. The molecule has 0 amide bonds. The van der Waals surface area contributed by atoms with E-state index in [4.69, 9.17) is 9.47 Å². The van der Waals surface area contributed by atoms with Gasteiger partial charge in [0.15, 0.2) is 0 Å². The SMILES string of the molecule is CC(C)CCCCCOC(=O)CSCC(=O)OCCCCCC(C)C. The van der Waals surface area contributed by atoms with Gasteiger partial charge in [0, 0.05) is 0 Å². The highest BCUT2D eigenvalue weighted by Gasteiger charge is 2.07. The van der Waals surface area contributed by atoms with Gasteiger partial charge in [0.1, 0.15) is 0 Å². The second-order valence-corrected chi connectivity index (χ2v) is 8.41. The Kier molecular flexibility index (Phi) is 16.3. The van der Waals surface area contributed by atoms with Gasteiger partial charge >= 0.3 is 11.9 Å². The van der Waals surface area contributed by atoms with E-state index in [2.05, 4.69) is 27.7 Å². The van der Waals surface area contributed by atoms with Crippen molar-refractivity contribution < 1.29 is 19.1 Å². The summed E-state index contributed by atoms with van der Waals surface area (Å²) in [6.45, 7) is 9.84. The predicted molar refractivity (Wildman–Crippen MR) is 106 cm³/mol. The number of rotatable bonds is 16. The van der Waals surface area contributed by atoms with Crippen LogP contribution in [0.25, 0.3) is 0 Å². The van der Waals surface area contributed by atoms with Gasteiger partial charge in [-0.1, -0.05) is 66.2 Å². The summed E-state index contributed by atoms with van der Waals surface area (Å²) in [7, 11) is 0. The highest BCUT2D eigenvalue weighted by Crippen LogP contribution is 2.09. The maximum atomic E-state index is 11.6. The molecule has 0 fully saturated rings. The smallest absolute Gasteiger partial charge is 0.315 e. The average Bonchev–Trinajstić information content (AvgIpc) is 2.53. The third-order valence-corrected chi connectivity index (χ3v) is 4.70. The van der Waals surface area contributed by atoms with Crippen LogP contribution in [-0.4, -0.2) is 36.7 Å². The van der Waals surface area contributed by atoms with Crippen LogP contribution in [-0.2, 0) is 19.1 Å². The van der Waals surface area contributed by atoms with E-state index in [-0.39, 0.29) is 23.4 Å². The first kappa shape index (κ1) is 24.3. The highest BCUT2D eigenvalue weighted by molar-refractivity contribution is 8.00. The number of unbranched alkanes of at least 4 members (excludes halogenated alkanes) is 4. The number of thioether (sulfide) groups is 1. The fourth-order valence-corrected chi connectivity index (χ4v) is 2.94. The van der Waals surface area contributed by atoms with Crippen molar-refractivity contribution in [2.24, 2.45) is 11.8 Å². The van der Waals surface area contributed by atoms with E-state index in [9.17, 15) is 9.59 Å². The van der Waals surface area contributed by atoms with Crippen LogP contribution in [0.2, 0.25) is 0 Å². The van der Waals surface area contributed by atoms with E-state index in [1.165, 1.54) is 37.4 Å². The summed E-state index contributed by atoms with van der Waals surface area (Å²) in [4.78, 5) is 23.1. The second kappa shape index (κ2) is 16.7. The van der Waals surface area contributed by atoms with Gasteiger partial charge in [-0.2, -0.15) is 0 Å². The fourth-order valence-electron chi connectivity index (χ4n) is 2.34. The van der Waals surface area contributed by atoms with Gasteiger partial charge in [-0.15, -0.1) is 11.8 Å². The molecule has 0 N–H and O–H groups in total.